The highest BCUT2D eigenvalue weighted by Crippen LogP contribution is 2.30. The van der Waals surface area contributed by atoms with Gasteiger partial charge in [-0.15, -0.1) is 0 Å². The number of carboxylic acid groups (broad SMARTS) is 1. The highest BCUT2D eigenvalue weighted by Gasteiger charge is 2.41. The second-order valence-electron chi connectivity index (χ2n) is 6.23. The Morgan fingerprint density at radius 2 is 2.09 bits per heavy atom. The topological polar surface area (TPSA) is 66.8 Å². The van der Waals surface area contributed by atoms with Gasteiger partial charge in [-0.05, 0) is 44.4 Å². The van der Waals surface area contributed by atoms with E-state index in [0.29, 0.717) is 19.6 Å². The van der Waals surface area contributed by atoms with Gasteiger partial charge in [0, 0.05) is 13.1 Å². The van der Waals surface area contributed by atoms with E-state index in [9.17, 15) is 14.7 Å². The predicted octanol–water partition coefficient (Wildman–Crippen LogP) is 2.40. The quantitative estimate of drug-likeness (QED) is 0.907. The van der Waals surface area contributed by atoms with Crippen LogP contribution in [-0.4, -0.2) is 41.6 Å². The molecule has 0 saturated carbocycles. The van der Waals surface area contributed by atoms with Crippen molar-refractivity contribution in [3.05, 3.63) is 29.3 Å². The first-order valence-electron chi connectivity index (χ1n) is 7.54. The van der Waals surface area contributed by atoms with Crippen LogP contribution in [0.4, 0.5) is 0 Å². The van der Waals surface area contributed by atoms with Gasteiger partial charge in [0.25, 0.3) is 0 Å². The van der Waals surface area contributed by atoms with Gasteiger partial charge >= 0.3 is 5.97 Å². The molecular weight excluding hydrogens is 282 g/mol. The van der Waals surface area contributed by atoms with Crippen molar-refractivity contribution in [1.29, 1.82) is 0 Å². The maximum atomic E-state index is 12.2. The number of hydrogen-bond acceptors (Lipinski definition) is 3. The van der Waals surface area contributed by atoms with E-state index in [1.54, 1.807) is 11.8 Å². The highest BCUT2D eigenvalue weighted by atomic mass is 16.5. The molecule has 2 rings (SSSR count). The summed E-state index contributed by atoms with van der Waals surface area (Å²) in [4.78, 5) is 25.0. The van der Waals surface area contributed by atoms with Crippen molar-refractivity contribution in [3.8, 4) is 5.75 Å². The molecule has 1 aromatic carbocycles. The standard InChI is InChI=1S/C17H23NO4/c1-12-5-4-6-14(13(12)2)22-10-7-15(19)18-9-8-17(3,11-18)16(20)21/h4-6H,7-11H2,1-3H3,(H,20,21)/t17-/m1/s1. The molecule has 0 bridgehead atoms. The minimum absolute atomic E-state index is 0.0460. The normalized spacial score (nSPS) is 21.0. The Kier molecular flexibility index (Phi) is 4.74. The van der Waals surface area contributed by atoms with E-state index >= 15 is 0 Å². The molecule has 5 nitrogen and oxygen atoms in total. The minimum Gasteiger partial charge on any atom is -0.493 e. The Balaban J connectivity index is 1.84. The second-order valence-corrected chi connectivity index (χ2v) is 6.23. The zero-order valence-corrected chi connectivity index (χ0v) is 13.4. The van der Waals surface area contributed by atoms with E-state index in [0.717, 1.165) is 16.9 Å². The summed E-state index contributed by atoms with van der Waals surface area (Å²) in [6, 6.07) is 5.84. The summed E-state index contributed by atoms with van der Waals surface area (Å²) in [5.41, 5.74) is 1.42. The molecule has 1 fully saturated rings. The van der Waals surface area contributed by atoms with Crippen LogP contribution in [0.25, 0.3) is 0 Å². The summed E-state index contributed by atoms with van der Waals surface area (Å²) in [6.45, 7) is 6.80. The van der Waals surface area contributed by atoms with E-state index in [1.165, 1.54) is 0 Å². The molecule has 1 aromatic rings. The third-order valence-electron chi connectivity index (χ3n) is 4.47. The Bertz CT molecular complexity index is 584. The number of amides is 1. The number of carbonyl (C=O) groups is 2. The smallest absolute Gasteiger partial charge is 0.311 e. The summed E-state index contributed by atoms with van der Waals surface area (Å²) in [7, 11) is 0. The van der Waals surface area contributed by atoms with Crippen LogP contribution >= 0.6 is 0 Å². The van der Waals surface area contributed by atoms with Crippen LogP contribution in [0.1, 0.15) is 30.9 Å². The van der Waals surface area contributed by atoms with Crippen molar-refractivity contribution in [2.45, 2.75) is 33.6 Å². The number of rotatable bonds is 5. The highest BCUT2D eigenvalue weighted by molar-refractivity contribution is 5.80. The van der Waals surface area contributed by atoms with Gasteiger partial charge in [-0.2, -0.15) is 0 Å². The number of hydrogen-bond donors (Lipinski definition) is 1. The van der Waals surface area contributed by atoms with E-state index in [2.05, 4.69) is 0 Å². The molecule has 1 atom stereocenters. The third-order valence-corrected chi connectivity index (χ3v) is 4.47. The Labute approximate surface area is 130 Å². The summed E-state index contributed by atoms with van der Waals surface area (Å²) >= 11 is 0. The minimum atomic E-state index is -0.838. The summed E-state index contributed by atoms with van der Waals surface area (Å²) in [6.07, 6.45) is 0.773. The fourth-order valence-corrected chi connectivity index (χ4v) is 2.64. The van der Waals surface area contributed by atoms with Gasteiger partial charge in [0.2, 0.25) is 5.91 Å². The fourth-order valence-electron chi connectivity index (χ4n) is 2.64. The van der Waals surface area contributed by atoms with E-state index in [-0.39, 0.29) is 18.9 Å². The van der Waals surface area contributed by atoms with Gasteiger partial charge in [-0.1, -0.05) is 12.1 Å². The lowest BCUT2D eigenvalue weighted by Gasteiger charge is -2.20. The first kappa shape index (κ1) is 16.3. The van der Waals surface area contributed by atoms with Gasteiger partial charge < -0.3 is 14.7 Å². The van der Waals surface area contributed by atoms with Gasteiger partial charge in [-0.3, -0.25) is 9.59 Å². The average Bonchev–Trinajstić information content (AvgIpc) is 2.87. The zero-order chi connectivity index (χ0) is 16.3. The lowest BCUT2D eigenvalue weighted by molar-refractivity contribution is -0.147. The van der Waals surface area contributed by atoms with Crippen molar-refractivity contribution >= 4 is 11.9 Å². The van der Waals surface area contributed by atoms with Crippen LogP contribution in [0.5, 0.6) is 5.75 Å². The van der Waals surface area contributed by atoms with Gasteiger partial charge in [0.15, 0.2) is 0 Å². The number of benzene rings is 1. The molecule has 22 heavy (non-hydrogen) atoms. The van der Waals surface area contributed by atoms with Crippen LogP contribution < -0.4 is 4.74 Å². The number of nitrogens with zero attached hydrogens (tertiary/aromatic N) is 1. The molecule has 1 N–H and O–H groups in total. The molecule has 1 amide bonds. The molecule has 0 aliphatic carbocycles. The number of likely N-dealkylation sites (tertiary alicyclic amines) is 1. The van der Waals surface area contributed by atoms with Gasteiger partial charge in [-0.25, -0.2) is 0 Å². The lowest BCUT2D eigenvalue weighted by Crippen LogP contribution is -2.35. The summed E-state index contributed by atoms with van der Waals surface area (Å²) in [5, 5.41) is 9.19. The largest absolute Gasteiger partial charge is 0.493 e. The molecular formula is C17H23NO4. The molecule has 0 radical (unpaired) electrons. The maximum absolute atomic E-state index is 12.2. The molecule has 1 saturated heterocycles. The number of aryl methyl sites for hydroxylation is 1. The molecule has 1 aliphatic heterocycles. The predicted molar refractivity (Wildman–Crippen MR) is 83.0 cm³/mol. The summed E-state index contributed by atoms with van der Waals surface area (Å²) in [5.74, 6) is -0.0886. The van der Waals surface area contributed by atoms with Crippen LogP contribution in [0.3, 0.4) is 0 Å². The third kappa shape index (κ3) is 3.40. The van der Waals surface area contributed by atoms with E-state index in [4.69, 9.17) is 4.74 Å². The molecule has 0 aromatic heterocycles. The van der Waals surface area contributed by atoms with Crippen LogP contribution in [0, 0.1) is 19.3 Å². The molecule has 0 unspecified atom stereocenters. The second kappa shape index (κ2) is 6.38. The average molecular weight is 305 g/mol. The molecule has 1 heterocycles. The number of carbonyl (C=O) groups excluding carboxylic acids is 1. The first-order chi connectivity index (χ1) is 10.3. The van der Waals surface area contributed by atoms with Gasteiger partial charge in [0.1, 0.15) is 5.75 Å². The number of ether oxygens (including phenoxy) is 1. The monoisotopic (exact) mass is 305 g/mol. The molecule has 120 valence electrons. The van der Waals surface area contributed by atoms with Crippen molar-refractivity contribution in [2.24, 2.45) is 5.41 Å². The SMILES string of the molecule is Cc1cccc(OCCC(=O)N2CC[C@@](C)(C(=O)O)C2)c1C. The number of aliphatic carboxylic acids is 1. The van der Waals surface area contributed by atoms with Crippen molar-refractivity contribution < 1.29 is 19.4 Å². The molecule has 0 spiro atoms. The first-order valence-corrected chi connectivity index (χ1v) is 7.54. The summed E-state index contributed by atoms with van der Waals surface area (Å²) < 4.78 is 5.68. The van der Waals surface area contributed by atoms with Gasteiger partial charge in [0.05, 0.1) is 18.4 Å². The zero-order valence-electron chi connectivity index (χ0n) is 13.4. The van der Waals surface area contributed by atoms with Crippen molar-refractivity contribution in [3.63, 3.8) is 0 Å². The van der Waals surface area contributed by atoms with Crippen LogP contribution in [-0.2, 0) is 9.59 Å². The van der Waals surface area contributed by atoms with Crippen molar-refractivity contribution in [1.82, 2.24) is 4.90 Å². The Morgan fingerprint density at radius 1 is 1.36 bits per heavy atom. The van der Waals surface area contributed by atoms with Crippen molar-refractivity contribution in [2.75, 3.05) is 19.7 Å². The van der Waals surface area contributed by atoms with Crippen LogP contribution in [0.2, 0.25) is 0 Å². The van der Waals surface area contributed by atoms with E-state index < -0.39 is 11.4 Å². The molecule has 1 aliphatic rings. The van der Waals surface area contributed by atoms with Crippen LogP contribution in [0.15, 0.2) is 18.2 Å². The molecule has 5 heteroatoms. The Morgan fingerprint density at radius 3 is 2.73 bits per heavy atom. The Hall–Kier alpha value is -2.04. The maximum Gasteiger partial charge on any atom is 0.311 e. The fraction of sp³-hybridized carbons (Fsp3) is 0.529. The lowest BCUT2D eigenvalue weighted by atomic mass is 9.90. The van der Waals surface area contributed by atoms with E-state index in [1.807, 2.05) is 32.0 Å². The number of carboxylic acids is 1.